The molecule has 0 fully saturated rings. The molecule has 0 aliphatic rings. The smallest absolute Gasteiger partial charge is 0.357 e. The van der Waals surface area contributed by atoms with Crippen molar-refractivity contribution in [2.45, 2.75) is 6.92 Å². The highest BCUT2D eigenvalue weighted by atomic mass is 19.1. The summed E-state index contributed by atoms with van der Waals surface area (Å²) in [7, 11) is 1.50. The van der Waals surface area contributed by atoms with Crippen LogP contribution < -0.4 is 5.32 Å². The minimum atomic E-state index is -1.32. The molecule has 0 bridgehead atoms. The zero-order chi connectivity index (χ0) is 14.9. The van der Waals surface area contributed by atoms with Gasteiger partial charge in [0.25, 0.3) is 5.91 Å². The van der Waals surface area contributed by atoms with E-state index in [0.29, 0.717) is 0 Å². The first-order valence-electron chi connectivity index (χ1n) is 5.73. The quantitative estimate of drug-likeness (QED) is 0.896. The number of rotatable bonds is 3. The van der Waals surface area contributed by atoms with Gasteiger partial charge in [0.2, 0.25) is 0 Å². The van der Waals surface area contributed by atoms with Crippen molar-refractivity contribution >= 4 is 17.6 Å². The van der Waals surface area contributed by atoms with Crippen molar-refractivity contribution in [2.75, 3.05) is 5.32 Å². The molecule has 2 N–H and O–H groups in total. The van der Waals surface area contributed by atoms with E-state index in [-0.39, 0.29) is 16.9 Å². The number of aryl methyl sites for hydroxylation is 2. The highest BCUT2D eigenvalue weighted by Gasteiger charge is 2.21. The van der Waals surface area contributed by atoms with Gasteiger partial charge in [-0.2, -0.15) is 5.10 Å². The summed E-state index contributed by atoms with van der Waals surface area (Å²) in [6.45, 7) is 1.75. The number of anilines is 1. The third-order valence-corrected chi connectivity index (χ3v) is 2.65. The summed E-state index contributed by atoms with van der Waals surface area (Å²) in [6.07, 6.45) is 1.27. The summed E-state index contributed by atoms with van der Waals surface area (Å²) in [5.41, 5.74) is 0.264. The number of carbonyl (C=O) groups is 2. The molecule has 6 nitrogen and oxygen atoms in total. The molecule has 2 rings (SSSR count). The second-order valence-electron chi connectivity index (χ2n) is 4.31. The van der Waals surface area contributed by atoms with Crippen molar-refractivity contribution < 1.29 is 19.1 Å². The van der Waals surface area contributed by atoms with Crippen molar-refractivity contribution in [3.8, 4) is 0 Å². The van der Waals surface area contributed by atoms with Crippen LogP contribution >= 0.6 is 0 Å². The highest BCUT2D eigenvalue weighted by molar-refractivity contribution is 6.09. The number of carbonyl (C=O) groups excluding carboxylic acids is 1. The molecule has 0 aliphatic heterocycles. The molecular formula is C13H12FN3O3. The average Bonchev–Trinajstić information content (AvgIpc) is 2.76. The monoisotopic (exact) mass is 277 g/mol. The molecule has 104 valence electrons. The highest BCUT2D eigenvalue weighted by Crippen LogP contribution is 2.17. The second kappa shape index (κ2) is 5.12. The lowest BCUT2D eigenvalue weighted by Crippen LogP contribution is -2.16. The molecule has 1 amide bonds. The van der Waals surface area contributed by atoms with Gasteiger partial charge >= 0.3 is 5.97 Å². The van der Waals surface area contributed by atoms with Crippen LogP contribution in [0.25, 0.3) is 0 Å². The largest absolute Gasteiger partial charge is 0.476 e. The van der Waals surface area contributed by atoms with Gasteiger partial charge in [-0.3, -0.25) is 9.48 Å². The fourth-order valence-corrected chi connectivity index (χ4v) is 1.74. The first-order chi connectivity index (χ1) is 9.38. The summed E-state index contributed by atoms with van der Waals surface area (Å²) >= 11 is 0. The van der Waals surface area contributed by atoms with Crippen LogP contribution in [-0.2, 0) is 7.05 Å². The third kappa shape index (κ3) is 2.66. The van der Waals surface area contributed by atoms with Crippen LogP contribution in [0.15, 0.2) is 24.4 Å². The fourth-order valence-electron chi connectivity index (χ4n) is 1.74. The minimum Gasteiger partial charge on any atom is -0.476 e. The normalized spacial score (nSPS) is 10.3. The van der Waals surface area contributed by atoms with Gasteiger partial charge < -0.3 is 10.4 Å². The zero-order valence-electron chi connectivity index (χ0n) is 10.8. The SMILES string of the molecule is Cc1ccc(F)c(NC(=O)c2cn(C)nc2C(=O)O)c1. The molecule has 0 aliphatic carbocycles. The van der Waals surface area contributed by atoms with Crippen molar-refractivity contribution in [1.82, 2.24) is 9.78 Å². The van der Waals surface area contributed by atoms with Gasteiger partial charge in [0.05, 0.1) is 11.3 Å². The Morgan fingerprint density at radius 1 is 1.40 bits per heavy atom. The summed E-state index contributed by atoms with van der Waals surface area (Å²) in [6, 6.07) is 4.26. The van der Waals surface area contributed by atoms with Gasteiger partial charge in [-0.05, 0) is 24.6 Å². The number of aromatic carboxylic acids is 1. The molecule has 0 atom stereocenters. The van der Waals surface area contributed by atoms with E-state index in [9.17, 15) is 14.0 Å². The Kier molecular flexibility index (Phi) is 3.51. The lowest BCUT2D eigenvalue weighted by Gasteiger charge is -2.06. The lowest BCUT2D eigenvalue weighted by molar-refractivity contribution is 0.0685. The number of hydrogen-bond acceptors (Lipinski definition) is 3. The number of nitrogens with zero attached hydrogens (tertiary/aromatic N) is 2. The van der Waals surface area contributed by atoms with E-state index in [1.54, 1.807) is 13.0 Å². The van der Waals surface area contributed by atoms with Crippen molar-refractivity contribution in [2.24, 2.45) is 7.05 Å². The van der Waals surface area contributed by atoms with Crippen LogP contribution in [0.5, 0.6) is 0 Å². The molecule has 2 aromatic rings. The van der Waals surface area contributed by atoms with Crippen LogP contribution in [-0.4, -0.2) is 26.8 Å². The number of nitrogens with one attached hydrogen (secondary N) is 1. The van der Waals surface area contributed by atoms with E-state index in [2.05, 4.69) is 10.4 Å². The van der Waals surface area contributed by atoms with Crippen LogP contribution in [0.1, 0.15) is 26.4 Å². The van der Waals surface area contributed by atoms with Gasteiger partial charge in [-0.1, -0.05) is 6.07 Å². The summed E-state index contributed by atoms with van der Waals surface area (Å²) in [4.78, 5) is 23.0. The predicted molar refractivity (Wildman–Crippen MR) is 69.3 cm³/mol. The van der Waals surface area contributed by atoms with E-state index in [0.717, 1.165) is 5.56 Å². The molecule has 0 spiro atoms. The maximum Gasteiger partial charge on any atom is 0.357 e. The summed E-state index contributed by atoms with van der Waals surface area (Å²) in [5.74, 6) is -2.63. The van der Waals surface area contributed by atoms with Crippen LogP contribution in [0.3, 0.4) is 0 Å². The van der Waals surface area contributed by atoms with Crippen LogP contribution in [0, 0.1) is 12.7 Å². The van der Waals surface area contributed by atoms with Crippen molar-refractivity contribution in [3.63, 3.8) is 0 Å². The standard InChI is InChI=1S/C13H12FN3O3/c1-7-3-4-9(14)10(5-7)15-12(18)8-6-17(2)16-11(8)13(19)20/h3-6H,1-2H3,(H,15,18)(H,19,20). The molecule has 0 saturated carbocycles. The van der Waals surface area contributed by atoms with Crippen molar-refractivity contribution in [3.05, 3.63) is 47.0 Å². The molecule has 1 aromatic heterocycles. The molecule has 1 aromatic carbocycles. The Bertz CT molecular complexity index is 694. The Balaban J connectivity index is 2.33. The van der Waals surface area contributed by atoms with Gasteiger partial charge in [0.15, 0.2) is 5.69 Å². The molecule has 7 heteroatoms. The first kappa shape index (κ1) is 13.7. The third-order valence-electron chi connectivity index (χ3n) is 2.65. The number of halogens is 1. The Labute approximate surface area is 113 Å². The van der Waals surface area contributed by atoms with Crippen molar-refractivity contribution in [1.29, 1.82) is 0 Å². The molecular weight excluding hydrogens is 265 g/mol. The van der Waals surface area contributed by atoms with Crippen LogP contribution in [0.4, 0.5) is 10.1 Å². The number of aromatic nitrogens is 2. The maximum atomic E-state index is 13.6. The van der Waals surface area contributed by atoms with Crippen LogP contribution in [0.2, 0.25) is 0 Å². The number of amides is 1. The molecule has 1 heterocycles. The Hall–Kier alpha value is -2.70. The van der Waals surface area contributed by atoms with E-state index in [1.807, 2.05) is 0 Å². The molecule has 0 unspecified atom stereocenters. The van der Waals surface area contributed by atoms with Gasteiger partial charge in [0.1, 0.15) is 5.82 Å². The topological polar surface area (TPSA) is 84.2 Å². The van der Waals surface area contributed by atoms with E-state index in [4.69, 9.17) is 5.11 Å². The fraction of sp³-hybridized carbons (Fsp3) is 0.154. The zero-order valence-corrected chi connectivity index (χ0v) is 10.8. The maximum absolute atomic E-state index is 13.6. The number of carboxylic acids is 1. The summed E-state index contributed by atoms with van der Waals surface area (Å²) in [5, 5.41) is 15.0. The number of hydrogen-bond donors (Lipinski definition) is 2. The number of benzene rings is 1. The van der Waals surface area contributed by atoms with Gasteiger partial charge in [-0.25, -0.2) is 9.18 Å². The predicted octanol–water partition coefficient (Wildman–Crippen LogP) is 1.82. The lowest BCUT2D eigenvalue weighted by atomic mass is 10.2. The number of carboxylic acid groups (broad SMARTS) is 1. The first-order valence-corrected chi connectivity index (χ1v) is 5.73. The average molecular weight is 277 g/mol. The van der Waals surface area contributed by atoms with Gasteiger partial charge in [-0.15, -0.1) is 0 Å². The Morgan fingerprint density at radius 2 is 2.10 bits per heavy atom. The second-order valence-corrected chi connectivity index (χ2v) is 4.31. The van der Waals surface area contributed by atoms with E-state index >= 15 is 0 Å². The molecule has 20 heavy (non-hydrogen) atoms. The molecule has 0 radical (unpaired) electrons. The van der Waals surface area contributed by atoms with Gasteiger partial charge in [0, 0.05) is 13.2 Å². The Morgan fingerprint density at radius 3 is 2.75 bits per heavy atom. The van der Waals surface area contributed by atoms with E-state index in [1.165, 1.54) is 30.1 Å². The minimum absolute atomic E-state index is 0.00445. The molecule has 0 saturated heterocycles. The van der Waals surface area contributed by atoms with E-state index < -0.39 is 17.7 Å². The summed E-state index contributed by atoms with van der Waals surface area (Å²) < 4.78 is 14.8.